The van der Waals surface area contributed by atoms with Crippen molar-refractivity contribution in [3.8, 4) is 0 Å². The fourth-order valence-corrected chi connectivity index (χ4v) is 3.90. The fraction of sp³-hybridized carbons (Fsp3) is 0.875. The van der Waals surface area contributed by atoms with Gasteiger partial charge < -0.3 is 14.9 Å². The van der Waals surface area contributed by atoms with Gasteiger partial charge in [0, 0.05) is 19.6 Å². The topological polar surface area (TPSA) is 60.9 Å². The second kappa shape index (κ2) is 6.24. The molecule has 2 atom stereocenters. The van der Waals surface area contributed by atoms with Gasteiger partial charge in [-0.3, -0.25) is 0 Å². The van der Waals surface area contributed by atoms with Crippen LogP contribution < -0.4 is 0 Å². The lowest BCUT2D eigenvalue weighted by atomic mass is 9.76. The van der Waals surface area contributed by atoms with E-state index in [0.29, 0.717) is 12.5 Å². The van der Waals surface area contributed by atoms with Gasteiger partial charge in [-0.25, -0.2) is 9.59 Å². The predicted molar refractivity (Wildman–Crippen MR) is 81.1 cm³/mol. The summed E-state index contributed by atoms with van der Waals surface area (Å²) in [7, 11) is 0. The van der Waals surface area contributed by atoms with Crippen LogP contribution in [0.25, 0.3) is 0 Å². The zero-order chi connectivity index (χ0) is 15.6. The Bertz CT molecular complexity index is 408. The summed E-state index contributed by atoms with van der Waals surface area (Å²) in [6.45, 7) is 8.19. The lowest BCUT2D eigenvalue weighted by Crippen LogP contribution is -2.59. The van der Waals surface area contributed by atoms with Gasteiger partial charge in [-0.05, 0) is 37.0 Å². The van der Waals surface area contributed by atoms with Gasteiger partial charge in [0.15, 0.2) is 0 Å². The molecule has 5 nitrogen and oxygen atoms in total. The summed E-state index contributed by atoms with van der Waals surface area (Å²) in [6.07, 6.45) is 5.08. The molecule has 2 amide bonds. The minimum absolute atomic E-state index is 0.0752. The molecule has 0 bridgehead atoms. The molecule has 0 radical (unpaired) electrons. The van der Waals surface area contributed by atoms with Gasteiger partial charge in [0.2, 0.25) is 0 Å². The minimum Gasteiger partial charge on any atom is -0.480 e. The summed E-state index contributed by atoms with van der Waals surface area (Å²) >= 11 is 0. The van der Waals surface area contributed by atoms with Gasteiger partial charge in [0.1, 0.15) is 6.04 Å². The molecule has 21 heavy (non-hydrogen) atoms. The Hall–Kier alpha value is -1.26. The third-order valence-corrected chi connectivity index (χ3v) is 5.00. The summed E-state index contributed by atoms with van der Waals surface area (Å²) in [5.41, 5.74) is -0.359. The Labute approximate surface area is 127 Å². The highest BCUT2D eigenvalue weighted by Gasteiger charge is 2.46. The van der Waals surface area contributed by atoms with Crippen molar-refractivity contribution in [3.63, 3.8) is 0 Å². The quantitative estimate of drug-likeness (QED) is 0.871. The summed E-state index contributed by atoms with van der Waals surface area (Å²) < 4.78 is 0. The number of nitrogens with zero attached hydrogens (tertiary/aromatic N) is 2. The Morgan fingerprint density at radius 3 is 2.62 bits per heavy atom. The highest BCUT2D eigenvalue weighted by molar-refractivity contribution is 5.83. The first kappa shape index (κ1) is 16.1. The van der Waals surface area contributed by atoms with Crippen molar-refractivity contribution in [1.82, 2.24) is 9.80 Å². The number of urea groups is 1. The van der Waals surface area contributed by atoms with Gasteiger partial charge in [0.05, 0.1) is 0 Å². The smallest absolute Gasteiger partial charge is 0.327 e. The molecule has 2 unspecified atom stereocenters. The van der Waals surface area contributed by atoms with E-state index in [1.807, 2.05) is 18.7 Å². The van der Waals surface area contributed by atoms with Crippen molar-refractivity contribution < 1.29 is 14.7 Å². The number of hydrogen-bond acceptors (Lipinski definition) is 2. The second-order valence-electron chi connectivity index (χ2n) is 7.20. The van der Waals surface area contributed by atoms with Crippen LogP contribution in [-0.4, -0.2) is 52.6 Å². The number of aliphatic carboxylic acids is 1. The molecule has 1 N–H and O–H groups in total. The number of carbonyl (C=O) groups is 2. The van der Waals surface area contributed by atoms with Crippen LogP contribution in [0, 0.1) is 11.3 Å². The zero-order valence-corrected chi connectivity index (χ0v) is 13.5. The average Bonchev–Trinajstić information content (AvgIpc) is 2.85. The molecule has 0 aliphatic carbocycles. The van der Waals surface area contributed by atoms with E-state index in [-0.39, 0.29) is 11.4 Å². The molecule has 120 valence electrons. The van der Waals surface area contributed by atoms with Gasteiger partial charge in [-0.1, -0.05) is 27.2 Å². The Morgan fingerprint density at radius 2 is 2.00 bits per heavy atom. The maximum atomic E-state index is 12.7. The van der Waals surface area contributed by atoms with E-state index in [1.165, 1.54) is 0 Å². The van der Waals surface area contributed by atoms with Crippen molar-refractivity contribution in [2.45, 2.75) is 58.9 Å². The van der Waals surface area contributed by atoms with E-state index in [4.69, 9.17) is 0 Å². The molecule has 5 heteroatoms. The highest BCUT2D eigenvalue weighted by Crippen LogP contribution is 2.36. The number of likely N-dealkylation sites (tertiary alicyclic amines) is 2. The lowest BCUT2D eigenvalue weighted by molar-refractivity contribution is -0.148. The summed E-state index contributed by atoms with van der Waals surface area (Å²) in [5.74, 6) is -0.294. The predicted octanol–water partition coefficient (Wildman–Crippen LogP) is 2.80. The van der Waals surface area contributed by atoms with E-state index >= 15 is 0 Å². The summed E-state index contributed by atoms with van der Waals surface area (Å²) in [4.78, 5) is 27.9. The number of carboxylic acids is 1. The first-order chi connectivity index (χ1) is 9.86. The van der Waals surface area contributed by atoms with Crippen LogP contribution in [0.2, 0.25) is 0 Å². The van der Waals surface area contributed by atoms with Crippen LogP contribution in [0.1, 0.15) is 52.9 Å². The molecule has 0 aromatic heterocycles. The Balaban J connectivity index is 2.08. The van der Waals surface area contributed by atoms with Crippen molar-refractivity contribution in [1.29, 1.82) is 0 Å². The van der Waals surface area contributed by atoms with Crippen molar-refractivity contribution in [2.24, 2.45) is 11.3 Å². The Kier molecular flexibility index (Phi) is 4.79. The van der Waals surface area contributed by atoms with Crippen molar-refractivity contribution >= 4 is 12.0 Å². The molecule has 0 aromatic rings. The van der Waals surface area contributed by atoms with Gasteiger partial charge >= 0.3 is 12.0 Å². The van der Waals surface area contributed by atoms with Gasteiger partial charge in [-0.15, -0.1) is 0 Å². The zero-order valence-electron chi connectivity index (χ0n) is 13.5. The Morgan fingerprint density at radius 1 is 1.29 bits per heavy atom. The number of hydrogen-bond donors (Lipinski definition) is 1. The van der Waals surface area contributed by atoms with Crippen LogP contribution in [-0.2, 0) is 4.79 Å². The number of piperidine rings is 1. The maximum Gasteiger partial charge on any atom is 0.327 e. The molecular formula is C16H28N2O3. The number of carboxylic acid groups (broad SMARTS) is 1. The van der Waals surface area contributed by atoms with Crippen molar-refractivity contribution in [3.05, 3.63) is 0 Å². The monoisotopic (exact) mass is 296 g/mol. The fourth-order valence-electron chi connectivity index (χ4n) is 3.90. The molecular weight excluding hydrogens is 268 g/mol. The highest BCUT2D eigenvalue weighted by atomic mass is 16.4. The molecule has 0 spiro atoms. The molecule has 2 heterocycles. The number of rotatable bonds is 3. The first-order valence-corrected chi connectivity index (χ1v) is 8.15. The number of amides is 2. The maximum absolute atomic E-state index is 12.7. The summed E-state index contributed by atoms with van der Waals surface area (Å²) in [5, 5.41) is 9.56. The molecule has 0 aromatic carbocycles. The van der Waals surface area contributed by atoms with Gasteiger partial charge in [0.25, 0.3) is 0 Å². The molecule has 0 saturated carbocycles. The standard InChI is InChI=1S/C16H28N2O3/c1-4-6-12-7-10-17(11-12)15(21)18-9-5-8-16(2,3)13(18)14(19)20/h12-13H,4-11H2,1-3H3,(H,19,20). The summed E-state index contributed by atoms with van der Waals surface area (Å²) in [6, 6.07) is -0.780. The first-order valence-electron chi connectivity index (χ1n) is 8.15. The largest absolute Gasteiger partial charge is 0.480 e. The van der Waals surface area contributed by atoms with Crippen LogP contribution in [0.15, 0.2) is 0 Å². The van der Waals surface area contributed by atoms with Gasteiger partial charge in [-0.2, -0.15) is 0 Å². The van der Waals surface area contributed by atoms with E-state index in [2.05, 4.69) is 6.92 Å². The van der Waals surface area contributed by atoms with Crippen LogP contribution >= 0.6 is 0 Å². The van der Waals surface area contributed by atoms with Crippen molar-refractivity contribution in [2.75, 3.05) is 19.6 Å². The van der Waals surface area contributed by atoms with E-state index in [1.54, 1.807) is 4.90 Å². The third-order valence-electron chi connectivity index (χ3n) is 5.00. The minimum atomic E-state index is -0.877. The molecule has 2 rings (SSSR count). The molecule has 2 saturated heterocycles. The van der Waals surface area contributed by atoms with E-state index in [0.717, 1.165) is 45.2 Å². The lowest BCUT2D eigenvalue weighted by Gasteiger charge is -2.45. The SMILES string of the molecule is CCCC1CCN(C(=O)N2CCCC(C)(C)C2C(=O)O)C1. The average molecular weight is 296 g/mol. The molecule has 2 fully saturated rings. The van der Waals surface area contributed by atoms with Crippen LogP contribution in [0.4, 0.5) is 4.79 Å². The van der Waals surface area contributed by atoms with Crippen LogP contribution in [0.5, 0.6) is 0 Å². The van der Waals surface area contributed by atoms with Crippen LogP contribution in [0.3, 0.4) is 0 Å². The normalized spacial score (nSPS) is 28.7. The molecule has 2 aliphatic heterocycles. The van der Waals surface area contributed by atoms with E-state index < -0.39 is 12.0 Å². The van der Waals surface area contributed by atoms with E-state index in [9.17, 15) is 14.7 Å². The number of carbonyl (C=O) groups excluding carboxylic acids is 1. The second-order valence-corrected chi connectivity index (χ2v) is 7.20. The third kappa shape index (κ3) is 3.33. The molecule has 2 aliphatic rings.